The Labute approximate surface area is 68.5 Å². The maximum atomic E-state index is 5.06. The maximum absolute atomic E-state index is 5.06. The molecule has 1 N–H and O–H groups in total. The first-order valence-electron chi connectivity index (χ1n) is 3.35. The molecule has 0 aliphatic carbocycles. The Bertz CT molecular complexity index is 336. The van der Waals surface area contributed by atoms with Crippen LogP contribution < -0.4 is 9.72 Å². The van der Waals surface area contributed by atoms with Gasteiger partial charge in [-0.05, 0) is 17.4 Å². The van der Waals surface area contributed by atoms with Crippen LogP contribution in [0.2, 0.25) is 0 Å². The Morgan fingerprint density at radius 2 is 2.18 bits per heavy atom. The van der Waals surface area contributed by atoms with Crippen molar-refractivity contribution in [1.82, 2.24) is 0 Å². The van der Waals surface area contributed by atoms with Crippen molar-refractivity contribution < 1.29 is 9.72 Å². The summed E-state index contributed by atoms with van der Waals surface area (Å²) in [6, 6.07) is 8.13. The molecule has 1 heterocycles. The molecule has 2 aromatic rings. The SMILES string of the molecule is COc1[nH+]c2ccccc2s1. The summed E-state index contributed by atoms with van der Waals surface area (Å²) < 4.78 is 6.29. The molecule has 0 spiro atoms. The van der Waals surface area contributed by atoms with E-state index in [2.05, 4.69) is 11.1 Å². The molecule has 0 bridgehead atoms. The summed E-state index contributed by atoms with van der Waals surface area (Å²) in [4.78, 5) is 3.14. The highest BCUT2D eigenvalue weighted by Crippen LogP contribution is 2.22. The number of benzene rings is 1. The minimum atomic E-state index is 0.853. The number of fused-ring (bicyclic) bond motifs is 1. The number of hydrogen-bond acceptors (Lipinski definition) is 2. The van der Waals surface area contributed by atoms with Gasteiger partial charge < -0.3 is 4.74 Å². The third kappa shape index (κ3) is 1.07. The normalized spacial score (nSPS) is 10.3. The fourth-order valence-electron chi connectivity index (χ4n) is 0.987. The second kappa shape index (κ2) is 2.51. The molecule has 0 aliphatic rings. The number of nitrogens with one attached hydrogen (secondary N) is 1. The van der Waals surface area contributed by atoms with E-state index in [9.17, 15) is 0 Å². The van der Waals surface area contributed by atoms with E-state index in [1.54, 1.807) is 18.4 Å². The Kier molecular flexibility index (Phi) is 1.51. The van der Waals surface area contributed by atoms with Crippen LogP contribution in [0.15, 0.2) is 24.3 Å². The topological polar surface area (TPSA) is 23.4 Å². The minimum Gasteiger partial charge on any atom is -0.439 e. The van der Waals surface area contributed by atoms with Crippen LogP contribution in [-0.4, -0.2) is 7.11 Å². The van der Waals surface area contributed by atoms with Crippen molar-refractivity contribution in [2.24, 2.45) is 0 Å². The van der Waals surface area contributed by atoms with Crippen molar-refractivity contribution in [3.05, 3.63) is 24.3 Å². The van der Waals surface area contributed by atoms with Gasteiger partial charge in [0.05, 0.1) is 7.11 Å². The lowest BCUT2D eigenvalue weighted by Gasteiger charge is -1.78. The molecular weight excluding hydrogens is 158 g/mol. The van der Waals surface area contributed by atoms with Crippen molar-refractivity contribution in [2.75, 3.05) is 7.11 Å². The fourth-order valence-corrected chi connectivity index (χ4v) is 1.81. The summed E-state index contributed by atoms with van der Waals surface area (Å²) in [5.74, 6) is 0. The number of ether oxygens (including phenoxy) is 1. The zero-order valence-electron chi connectivity index (χ0n) is 6.13. The predicted octanol–water partition coefficient (Wildman–Crippen LogP) is 1.72. The molecule has 0 amide bonds. The van der Waals surface area contributed by atoms with Crippen LogP contribution in [0, 0.1) is 0 Å². The first kappa shape index (κ1) is 6.61. The first-order chi connectivity index (χ1) is 5.40. The smallest absolute Gasteiger partial charge is 0.429 e. The van der Waals surface area contributed by atoms with E-state index >= 15 is 0 Å². The van der Waals surface area contributed by atoms with Gasteiger partial charge in [0.2, 0.25) is 5.52 Å². The second-order valence-corrected chi connectivity index (χ2v) is 3.23. The van der Waals surface area contributed by atoms with E-state index in [1.807, 2.05) is 18.2 Å². The van der Waals surface area contributed by atoms with Gasteiger partial charge in [0.25, 0.3) is 0 Å². The lowest BCUT2D eigenvalue weighted by Crippen LogP contribution is -2.00. The van der Waals surface area contributed by atoms with Crippen LogP contribution in [0.4, 0.5) is 0 Å². The average Bonchev–Trinajstić information content (AvgIpc) is 2.46. The molecule has 0 saturated carbocycles. The summed E-state index contributed by atoms with van der Waals surface area (Å²) >= 11 is 1.62. The number of aromatic nitrogens is 1. The van der Waals surface area contributed by atoms with Gasteiger partial charge >= 0.3 is 5.19 Å². The van der Waals surface area contributed by atoms with Crippen molar-refractivity contribution in [3.8, 4) is 5.19 Å². The first-order valence-corrected chi connectivity index (χ1v) is 4.16. The molecule has 0 saturated heterocycles. The molecule has 3 heteroatoms. The van der Waals surface area contributed by atoms with Crippen LogP contribution in [0.3, 0.4) is 0 Å². The molecule has 2 nitrogen and oxygen atoms in total. The van der Waals surface area contributed by atoms with E-state index in [0.717, 1.165) is 10.7 Å². The average molecular weight is 166 g/mol. The standard InChI is InChI=1S/C8H7NOS/c1-10-8-9-6-4-2-3-5-7(6)11-8/h2-5H,1H3/p+1. The highest BCUT2D eigenvalue weighted by molar-refractivity contribution is 7.19. The molecule has 0 aliphatic heterocycles. The summed E-state index contributed by atoms with van der Waals surface area (Å²) in [5, 5.41) is 0.853. The molecule has 1 aromatic carbocycles. The van der Waals surface area contributed by atoms with Gasteiger partial charge in [-0.3, -0.25) is 0 Å². The Hall–Kier alpha value is -1.09. The zero-order valence-corrected chi connectivity index (χ0v) is 6.94. The van der Waals surface area contributed by atoms with Crippen LogP contribution in [0.1, 0.15) is 0 Å². The molecule has 2 rings (SSSR count). The molecule has 56 valence electrons. The van der Waals surface area contributed by atoms with Gasteiger partial charge in [-0.1, -0.05) is 12.1 Å². The van der Waals surface area contributed by atoms with Crippen LogP contribution in [-0.2, 0) is 0 Å². The monoisotopic (exact) mass is 166 g/mol. The third-order valence-electron chi connectivity index (χ3n) is 1.51. The zero-order chi connectivity index (χ0) is 7.68. The van der Waals surface area contributed by atoms with Gasteiger partial charge in [-0.2, -0.15) is 4.98 Å². The quantitative estimate of drug-likeness (QED) is 0.632. The van der Waals surface area contributed by atoms with E-state index in [-0.39, 0.29) is 0 Å². The van der Waals surface area contributed by atoms with E-state index in [0.29, 0.717) is 0 Å². The van der Waals surface area contributed by atoms with Gasteiger partial charge in [0, 0.05) is 6.07 Å². The van der Waals surface area contributed by atoms with E-state index in [4.69, 9.17) is 4.74 Å². The fraction of sp³-hybridized carbons (Fsp3) is 0.125. The molecule has 0 radical (unpaired) electrons. The summed E-state index contributed by atoms with van der Waals surface area (Å²) in [6.45, 7) is 0. The molecule has 0 fully saturated rings. The highest BCUT2D eigenvalue weighted by Gasteiger charge is 2.08. The Morgan fingerprint density at radius 1 is 1.36 bits per heavy atom. The van der Waals surface area contributed by atoms with Crippen LogP contribution in [0.5, 0.6) is 5.19 Å². The van der Waals surface area contributed by atoms with Crippen molar-refractivity contribution in [1.29, 1.82) is 0 Å². The lowest BCUT2D eigenvalue weighted by molar-refractivity contribution is -0.354. The van der Waals surface area contributed by atoms with Crippen molar-refractivity contribution in [2.45, 2.75) is 0 Å². The van der Waals surface area contributed by atoms with Crippen LogP contribution >= 0.6 is 11.3 Å². The predicted molar refractivity (Wildman–Crippen MR) is 44.9 cm³/mol. The number of rotatable bonds is 1. The largest absolute Gasteiger partial charge is 0.439 e. The number of para-hydroxylation sites is 1. The number of hydrogen-bond donors (Lipinski definition) is 0. The number of methoxy groups -OCH3 is 1. The lowest BCUT2D eigenvalue weighted by atomic mass is 10.3. The maximum Gasteiger partial charge on any atom is 0.429 e. The van der Waals surface area contributed by atoms with Crippen molar-refractivity contribution >= 4 is 21.6 Å². The van der Waals surface area contributed by atoms with Gasteiger partial charge in [-0.25, -0.2) is 0 Å². The summed E-state index contributed by atoms with van der Waals surface area (Å²) in [6.07, 6.45) is 0. The molecule has 1 aromatic heterocycles. The second-order valence-electron chi connectivity index (χ2n) is 2.21. The number of aromatic amines is 1. The number of thiazole rings is 1. The minimum absolute atomic E-state index is 0.853. The van der Waals surface area contributed by atoms with Crippen molar-refractivity contribution in [3.63, 3.8) is 0 Å². The molecule has 11 heavy (non-hydrogen) atoms. The van der Waals surface area contributed by atoms with Gasteiger partial charge in [0.15, 0.2) is 0 Å². The third-order valence-corrected chi connectivity index (χ3v) is 2.54. The van der Waals surface area contributed by atoms with E-state index in [1.165, 1.54) is 4.70 Å². The molecule has 0 unspecified atom stereocenters. The van der Waals surface area contributed by atoms with Crippen LogP contribution in [0.25, 0.3) is 10.2 Å². The number of H-pyrrole nitrogens is 1. The van der Waals surface area contributed by atoms with Gasteiger partial charge in [0.1, 0.15) is 4.70 Å². The molecule has 0 atom stereocenters. The van der Waals surface area contributed by atoms with E-state index < -0.39 is 0 Å². The summed E-state index contributed by atoms with van der Waals surface area (Å²) in [7, 11) is 1.67. The highest BCUT2D eigenvalue weighted by atomic mass is 32.1. The Balaban J connectivity index is 2.69. The summed E-state index contributed by atoms with van der Waals surface area (Å²) in [5.41, 5.74) is 1.13. The molecular formula is C8H8NOS+. The van der Waals surface area contributed by atoms with Gasteiger partial charge in [-0.15, -0.1) is 0 Å². The Morgan fingerprint density at radius 3 is 2.91 bits per heavy atom.